The zero-order chi connectivity index (χ0) is 17.4. The highest BCUT2D eigenvalue weighted by atomic mass is 16.2. The van der Waals surface area contributed by atoms with Crippen LogP contribution in [0.4, 0.5) is 0 Å². The van der Waals surface area contributed by atoms with Crippen molar-refractivity contribution in [2.75, 3.05) is 19.6 Å². The minimum Gasteiger partial charge on any atom is -0.336 e. The van der Waals surface area contributed by atoms with Gasteiger partial charge in [-0.2, -0.15) is 0 Å². The van der Waals surface area contributed by atoms with Crippen LogP contribution < -0.4 is 10.9 Å². The zero-order valence-electron chi connectivity index (χ0n) is 13.9. The molecule has 0 saturated carbocycles. The number of amides is 1. The number of pyridine rings is 1. The van der Waals surface area contributed by atoms with Gasteiger partial charge in [0.2, 0.25) is 5.56 Å². The predicted molar refractivity (Wildman–Crippen MR) is 94.4 cm³/mol. The number of piperazine rings is 1. The zero-order valence-corrected chi connectivity index (χ0v) is 13.9. The van der Waals surface area contributed by atoms with Gasteiger partial charge in [0.05, 0.1) is 5.56 Å². The van der Waals surface area contributed by atoms with Crippen molar-refractivity contribution in [1.29, 1.82) is 0 Å². The molecule has 1 aliphatic heterocycles. The number of rotatable bonds is 2. The molecule has 7 nitrogen and oxygen atoms in total. The van der Waals surface area contributed by atoms with Crippen LogP contribution in [0.5, 0.6) is 0 Å². The number of carbonyl (C=O) groups excluding carboxylic acids is 1. The number of aromatic amines is 1. The van der Waals surface area contributed by atoms with Crippen LogP contribution in [-0.2, 0) is 7.05 Å². The fourth-order valence-corrected chi connectivity index (χ4v) is 3.41. The number of benzene rings is 1. The second kappa shape index (κ2) is 6.18. The lowest BCUT2D eigenvalue weighted by Crippen LogP contribution is -2.49. The molecule has 4 rings (SSSR count). The molecule has 0 radical (unpaired) electrons. The van der Waals surface area contributed by atoms with Crippen LogP contribution in [0.3, 0.4) is 0 Å². The van der Waals surface area contributed by atoms with E-state index in [0.29, 0.717) is 30.7 Å². The number of hydrogen-bond donors (Lipinski definition) is 2. The van der Waals surface area contributed by atoms with E-state index in [1.807, 2.05) is 42.1 Å². The summed E-state index contributed by atoms with van der Waals surface area (Å²) in [6.45, 7) is 1.92. The Bertz CT molecular complexity index is 990. The van der Waals surface area contributed by atoms with Gasteiger partial charge in [-0.1, -0.05) is 18.2 Å². The van der Waals surface area contributed by atoms with Gasteiger partial charge >= 0.3 is 0 Å². The van der Waals surface area contributed by atoms with Gasteiger partial charge in [-0.15, -0.1) is 0 Å². The van der Waals surface area contributed by atoms with Crippen molar-refractivity contribution >= 4 is 16.8 Å². The number of H-pyrrole nitrogens is 1. The van der Waals surface area contributed by atoms with Crippen LogP contribution in [0.25, 0.3) is 10.9 Å². The minimum absolute atomic E-state index is 0.142. The molecular weight excluding hydrogens is 318 g/mol. The standard InChI is InChI=1S/C18H19N5O2/c1-22-8-7-20-17(22)15-11-19-6-9-23(15)18(25)13-10-16(24)21-14-5-3-2-4-12(13)14/h2-5,7-8,10,15,19H,6,9,11H2,1H3,(H,21,24). The van der Waals surface area contributed by atoms with Gasteiger partial charge in [0.25, 0.3) is 5.91 Å². The molecule has 128 valence electrons. The summed E-state index contributed by atoms with van der Waals surface area (Å²) in [5.41, 5.74) is 0.827. The van der Waals surface area contributed by atoms with Gasteiger partial charge in [-0.25, -0.2) is 4.98 Å². The molecule has 2 aromatic heterocycles. The average molecular weight is 337 g/mol. The van der Waals surface area contributed by atoms with E-state index in [4.69, 9.17) is 0 Å². The van der Waals surface area contributed by atoms with Crippen molar-refractivity contribution in [2.24, 2.45) is 7.05 Å². The Labute approximate surface area is 144 Å². The van der Waals surface area contributed by atoms with Crippen LogP contribution in [0.1, 0.15) is 22.2 Å². The summed E-state index contributed by atoms with van der Waals surface area (Å²) in [7, 11) is 1.92. The van der Waals surface area contributed by atoms with Crippen molar-refractivity contribution in [3.63, 3.8) is 0 Å². The molecule has 1 aliphatic rings. The first-order valence-electron chi connectivity index (χ1n) is 8.26. The number of fused-ring (bicyclic) bond motifs is 1. The van der Waals surface area contributed by atoms with Crippen molar-refractivity contribution < 1.29 is 4.79 Å². The Morgan fingerprint density at radius 1 is 1.32 bits per heavy atom. The summed E-state index contributed by atoms with van der Waals surface area (Å²) >= 11 is 0. The number of carbonyl (C=O) groups is 1. The summed E-state index contributed by atoms with van der Waals surface area (Å²) in [4.78, 5) is 34.3. The van der Waals surface area contributed by atoms with Crippen LogP contribution in [0.15, 0.2) is 47.5 Å². The molecule has 3 heterocycles. The van der Waals surface area contributed by atoms with E-state index in [0.717, 1.165) is 11.2 Å². The normalized spacial score (nSPS) is 17.8. The van der Waals surface area contributed by atoms with Crippen LogP contribution in [-0.4, -0.2) is 45.0 Å². The summed E-state index contributed by atoms with van der Waals surface area (Å²) in [5.74, 6) is 0.687. The molecule has 0 spiro atoms. The maximum absolute atomic E-state index is 13.3. The number of hydrogen-bond acceptors (Lipinski definition) is 4. The molecule has 1 amide bonds. The second-order valence-corrected chi connectivity index (χ2v) is 6.21. The molecule has 2 N–H and O–H groups in total. The van der Waals surface area contributed by atoms with Crippen molar-refractivity contribution in [1.82, 2.24) is 24.8 Å². The monoisotopic (exact) mass is 337 g/mol. The molecule has 3 aromatic rings. The Morgan fingerprint density at radius 2 is 2.16 bits per heavy atom. The van der Waals surface area contributed by atoms with E-state index in [1.165, 1.54) is 6.07 Å². The molecular formula is C18H19N5O2. The highest BCUT2D eigenvalue weighted by Gasteiger charge is 2.31. The largest absolute Gasteiger partial charge is 0.336 e. The van der Waals surface area contributed by atoms with Gasteiger partial charge in [0, 0.05) is 56.0 Å². The van der Waals surface area contributed by atoms with Crippen LogP contribution >= 0.6 is 0 Å². The summed E-state index contributed by atoms with van der Waals surface area (Å²) in [6.07, 6.45) is 3.60. The lowest BCUT2D eigenvalue weighted by atomic mass is 10.1. The van der Waals surface area contributed by atoms with Crippen molar-refractivity contribution in [2.45, 2.75) is 6.04 Å². The van der Waals surface area contributed by atoms with Crippen LogP contribution in [0.2, 0.25) is 0 Å². The van der Waals surface area contributed by atoms with Crippen molar-refractivity contribution in [3.8, 4) is 0 Å². The topological polar surface area (TPSA) is 83.0 Å². The molecule has 7 heteroatoms. The Morgan fingerprint density at radius 3 is 2.96 bits per heavy atom. The molecule has 1 fully saturated rings. The van der Waals surface area contributed by atoms with Crippen LogP contribution in [0, 0.1) is 0 Å². The number of aromatic nitrogens is 3. The number of para-hydroxylation sites is 1. The summed E-state index contributed by atoms with van der Waals surface area (Å²) < 4.78 is 1.92. The van der Waals surface area contributed by atoms with Gasteiger partial charge in [-0.3, -0.25) is 9.59 Å². The lowest BCUT2D eigenvalue weighted by molar-refractivity contribution is 0.0622. The first-order valence-corrected chi connectivity index (χ1v) is 8.26. The predicted octanol–water partition coefficient (Wildman–Crippen LogP) is 1.05. The minimum atomic E-state index is -0.272. The summed E-state index contributed by atoms with van der Waals surface area (Å²) in [6, 6.07) is 8.60. The van der Waals surface area contributed by atoms with Gasteiger partial charge in [-0.05, 0) is 6.07 Å². The SMILES string of the molecule is Cn1ccnc1C1CNCCN1C(=O)c1cc(=O)[nH]c2ccccc12. The third kappa shape index (κ3) is 2.72. The van der Waals surface area contributed by atoms with E-state index >= 15 is 0 Å². The van der Waals surface area contributed by atoms with Crippen molar-refractivity contribution in [3.05, 3.63) is 64.5 Å². The van der Waals surface area contributed by atoms with Gasteiger partial charge in [0.1, 0.15) is 11.9 Å². The summed E-state index contributed by atoms with van der Waals surface area (Å²) in [5, 5.41) is 4.07. The van der Waals surface area contributed by atoms with Gasteiger partial charge in [0.15, 0.2) is 0 Å². The smallest absolute Gasteiger partial charge is 0.255 e. The number of nitrogens with zero attached hydrogens (tertiary/aromatic N) is 3. The molecule has 1 aromatic carbocycles. The third-order valence-electron chi connectivity index (χ3n) is 4.64. The maximum Gasteiger partial charge on any atom is 0.255 e. The highest BCUT2D eigenvalue weighted by Crippen LogP contribution is 2.25. The first-order chi connectivity index (χ1) is 12.1. The second-order valence-electron chi connectivity index (χ2n) is 6.21. The van der Waals surface area contributed by atoms with E-state index in [1.54, 1.807) is 11.1 Å². The molecule has 0 bridgehead atoms. The Hall–Kier alpha value is -2.93. The molecule has 25 heavy (non-hydrogen) atoms. The van der Waals surface area contributed by atoms with E-state index in [9.17, 15) is 9.59 Å². The average Bonchev–Trinajstić information content (AvgIpc) is 3.06. The fraction of sp³-hybridized carbons (Fsp3) is 0.278. The molecule has 0 aliphatic carbocycles. The third-order valence-corrected chi connectivity index (χ3v) is 4.64. The Balaban J connectivity index is 1.79. The van der Waals surface area contributed by atoms with E-state index in [-0.39, 0.29) is 17.5 Å². The lowest BCUT2D eigenvalue weighted by Gasteiger charge is -2.36. The molecule has 1 saturated heterocycles. The van der Waals surface area contributed by atoms with Gasteiger partial charge < -0.3 is 19.8 Å². The quantitative estimate of drug-likeness (QED) is 0.732. The number of nitrogens with one attached hydrogen (secondary N) is 2. The fourth-order valence-electron chi connectivity index (χ4n) is 3.41. The Kier molecular flexibility index (Phi) is 3.85. The van der Waals surface area contributed by atoms with E-state index in [2.05, 4.69) is 15.3 Å². The number of aryl methyl sites for hydroxylation is 1. The number of imidazole rings is 1. The molecule has 1 atom stereocenters. The first kappa shape index (κ1) is 15.6. The van der Waals surface area contributed by atoms with E-state index < -0.39 is 0 Å². The molecule has 1 unspecified atom stereocenters. The highest BCUT2D eigenvalue weighted by molar-refractivity contribution is 6.06. The maximum atomic E-state index is 13.3.